The second-order valence-electron chi connectivity index (χ2n) is 4.71. The summed E-state index contributed by atoms with van der Waals surface area (Å²) in [6.07, 6.45) is 0.925. The van der Waals surface area contributed by atoms with E-state index in [0.29, 0.717) is 19.0 Å². The number of ether oxygens (including phenoxy) is 1. The molecule has 0 aliphatic heterocycles. The number of methoxy groups -OCH3 is 1. The summed E-state index contributed by atoms with van der Waals surface area (Å²) >= 11 is 0. The van der Waals surface area contributed by atoms with Crippen LogP contribution < -0.4 is 16.4 Å². The van der Waals surface area contributed by atoms with E-state index in [4.69, 9.17) is 10.5 Å². The summed E-state index contributed by atoms with van der Waals surface area (Å²) in [4.78, 5) is 15.1. The number of nitrogens with zero attached hydrogens (tertiary/aromatic N) is 1. The average Bonchev–Trinajstić information content (AvgIpc) is 2.44. The van der Waals surface area contributed by atoms with Crippen molar-refractivity contribution in [1.29, 1.82) is 0 Å². The zero-order valence-electron chi connectivity index (χ0n) is 12.7. The maximum Gasteiger partial charge on any atom is 0.221 e. The number of rotatable bonds is 9. The zero-order valence-corrected chi connectivity index (χ0v) is 12.7. The molecule has 0 aromatic heterocycles. The molecule has 0 unspecified atom stereocenters. The van der Waals surface area contributed by atoms with E-state index in [1.54, 1.807) is 7.11 Å². The van der Waals surface area contributed by atoms with Gasteiger partial charge in [0.2, 0.25) is 5.91 Å². The van der Waals surface area contributed by atoms with Crippen molar-refractivity contribution in [2.45, 2.75) is 19.9 Å². The van der Waals surface area contributed by atoms with Gasteiger partial charge in [-0.25, -0.2) is 0 Å². The van der Waals surface area contributed by atoms with Gasteiger partial charge in [-0.15, -0.1) is 0 Å². The molecule has 0 aliphatic carbocycles. The Morgan fingerprint density at radius 1 is 1.33 bits per heavy atom. The number of amides is 1. The summed E-state index contributed by atoms with van der Waals surface area (Å²) in [6, 6.07) is 7.78. The molecule has 1 amide bonds. The summed E-state index contributed by atoms with van der Waals surface area (Å²) in [5.41, 5.74) is 7.60. The predicted octanol–water partition coefficient (Wildman–Crippen LogP) is 1.13. The van der Waals surface area contributed by atoms with Crippen molar-refractivity contribution in [3.63, 3.8) is 0 Å². The lowest BCUT2D eigenvalue weighted by Crippen LogP contribution is -2.20. The second kappa shape index (κ2) is 9.90. The molecular formula is C15H24N4O2. The molecule has 0 saturated heterocycles. The van der Waals surface area contributed by atoms with Gasteiger partial charge in [-0.3, -0.25) is 9.79 Å². The predicted molar refractivity (Wildman–Crippen MR) is 85.4 cm³/mol. The lowest BCUT2D eigenvalue weighted by atomic mass is 10.2. The third kappa shape index (κ3) is 8.06. The lowest BCUT2D eigenvalue weighted by Gasteiger charge is -2.06. The molecule has 0 aliphatic rings. The molecule has 0 spiro atoms. The number of anilines is 1. The van der Waals surface area contributed by atoms with Crippen LogP contribution in [0.3, 0.4) is 0 Å². The van der Waals surface area contributed by atoms with Crippen LogP contribution in [0.25, 0.3) is 0 Å². The molecule has 6 nitrogen and oxygen atoms in total. The maximum atomic E-state index is 10.9. The number of aliphatic imine (C=N–C) groups is 1. The highest BCUT2D eigenvalue weighted by Gasteiger charge is 1.96. The quantitative estimate of drug-likeness (QED) is 0.361. The smallest absolute Gasteiger partial charge is 0.221 e. The van der Waals surface area contributed by atoms with Crippen LogP contribution in [0.2, 0.25) is 0 Å². The van der Waals surface area contributed by atoms with Gasteiger partial charge >= 0.3 is 0 Å². The standard InChI is InChI=1S/C15H24N4O2/c1-12(20)19-14-6-4-13(5-7-14)10-17-8-3-9-18-15(16)11-21-2/h4-7,17H,3,8-11H2,1-2H3,(H2,16,18)(H,19,20). The molecule has 116 valence electrons. The fraction of sp³-hybridized carbons (Fsp3) is 0.467. The Kier molecular flexibility index (Phi) is 8.08. The largest absolute Gasteiger partial charge is 0.386 e. The van der Waals surface area contributed by atoms with Crippen LogP contribution >= 0.6 is 0 Å². The average molecular weight is 292 g/mol. The van der Waals surface area contributed by atoms with E-state index in [2.05, 4.69) is 15.6 Å². The molecule has 6 heteroatoms. The Morgan fingerprint density at radius 2 is 2.05 bits per heavy atom. The number of amidine groups is 1. The van der Waals surface area contributed by atoms with Gasteiger partial charge < -0.3 is 21.1 Å². The van der Waals surface area contributed by atoms with Crippen LogP contribution in [0.15, 0.2) is 29.3 Å². The number of hydrogen-bond acceptors (Lipinski definition) is 4. The third-order valence-electron chi connectivity index (χ3n) is 2.72. The van der Waals surface area contributed by atoms with Crippen LogP contribution in [0.1, 0.15) is 18.9 Å². The molecule has 1 aromatic rings. The van der Waals surface area contributed by atoms with Crippen molar-refractivity contribution in [2.24, 2.45) is 10.7 Å². The van der Waals surface area contributed by atoms with E-state index in [-0.39, 0.29) is 5.91 Å². The molecule has 0 heterocycles. The van der Waals surface area contributed by atoms with Crippen LogP contribution in [-0.2, 0) is 16.1 Å². The minimum atomic E-state index is -0.0609. The number of hydrogen-bond donors (Lipinski definition) is 3. The fourth-order valence-electron chi connectivity index (χ4n) is 1.76. The minimum absolute atomic E-state index is 0.0609. The Labute approximate surface area is 125 Å². The van der Waals surface area contributed by atoms with Gasteiger partial charge in [-0.1, -0.05) is 12.1 Å². The molecule has 0 fully saturated rings. The Morgan fingerprint density at radius 3 is 2.67 bits per heavy atom. The summed E-state index contributed by atoms with van der Waals surface area (Å²) < 4.78 is 4.88. The number of carbonyl (C=O) groups is 1. The minimum Gasteiger partial charge on any atom is -0.386 e. The molecule has 0 saturated carbocycles. The third-order valence-corrected chi connectivity index (χ3v) is 2.72. The van der Waals surface area contributed by atoms with Gasteiger partial charge in [0.25, 0.3) is 0 Å². The highest BCUT2D eigenvalue weighted by atomic mass is 16.5. The molecule has 1 rings (SSSR count). The van der Waals surface area contributed by atoms with Crippen LogP contribution in [0.5, 0.6) is 0 Å². The summed E-state index contributed by atoms with van der Waals surface area (Å²) in [6.45, 7) is 4.24. The van der Waals surface area contributed by atoms with Gasteiger partial charge in [-0.2, -0.15) is 0 Å². The molecule has 1 aromatic carbocycles. The van der Waals surface area contributed by atoms with E-state index < -0.39 is 0 Å². The SMILES string of the molecule is COCC(N)=NCCCNCc1ccc(NC(C)=O)cc1. The van der Waals surface area contributed by atoms with E-state index in [0.717, 1.165) is 25.2 Å². The van der Waals surface area contributed by atoms with Crippen molar-refractivity contribution in [3.8, 4) is 0 Å². The van der Waals surface area contributed by atoms with Crippen LogP contribution in [0.4, 0.5) is 5.69 Å². The second-order valence-corrected chi connectivity index (χ2v) is 4.71. The van der Waals surface area contributed by atoms with Crippen molar-refractivity contribution in [2.75, 3.05) is 32.1 Å². The van der Waals surface area contributed by atoms with E-state index >= 15 is 0 Å². The number of nitrogens with one attached hydrogen (secondary N) is 2. The van der Waals surface area contributed by atoms with Gasteiger partial charge in [-0.05, 0) is 30.7 Å². The molecular weight excluding hydrogens is 268 g/mol. The monoisotopic (exact) mass is 292 g/mol. The summed E-state index contributed by atoms with van der Waals surface area (Å²) in [7, 11) is 1.60. The van der Waals surface area contributed by atoms with Gasteiger partial charge in [0.05, 0.1) is 0 Å². The van der Waals surface area contributed by atoms with Gasteiger partial charge in [0, 0.05) is 32.8 Å². The number of benzene rings is 1. The molecule has 4 N–H and O–H groups in total. The first-order chi connectivity index (χ1) is 10.1. The first-order valence-electron chi connectivity index (χ1n) is 6.97. The van der Waals surface area contributed by atoms with Crippen LogP contribution in [-0.4, -0.2) is 38.5 Å². The Bertz CT molecular complexity index is 457. The molecule has 21 heavy (non-hydrogen) atoms. The summed E-state index contributed by atoms with van der Waals surface area (Å²) in [5.74, 6) is 0.472. The highest BCUT2D eigenvalue weighted by Crippen LogP contribution is 2.09. The molecule has 0 bridgehead atoms. The van der Waals surface area contributed by atoms with E-state index in [1.807, 2.05) is 24.3 Å². The lowest BCUT2D eigenvalue weighted by molar-refractivity contribution is -0.114. The van der Waals surface area contributed by atoms with E-state index in [1.165, 1.54) is 12.5 Å². The van der Waals surface area contributed by atoms with Crippen molar-refractivity contribution >= 4 is 17.4 Å². The first kappa shape index (κ1) is 17.1. The van der Waals surface area contributed by atoms with Crippen molar-refractivity contribution < 1.29 is 9.53 Å². The molecule has 0 atom stereocenters. The molecule has 0 radical (unpaired) electrons. The van der Waals surface area contributed by atoms with Crippen LogP contribution in [0, 0.1) is 0 Å². The topological polar surface area (TPSA) is 88.7 Å². The number of nitrogens with two attached hydrogens (primary N) is 1. The maximum absolute atomic E-state index is 10.9. The van der Waals surface area contributed by atoms with Crippen molar-refractivity contribution in [1.82, 2.24) is 5.32 Å². The normalized spacial score (nSPS) is 11.4. The first-order valence-corrected chi connectivity index (χ1v) is 6.97. The number of carbonyl (C=O) groups excluding carboxylic acids is 1. The Balaban J connectivity index is 2.18. The summed E-state index contributed by atoms with van der Waals surface area (Å²) in [5, 5.41) is 6.08. The van der Waals surface area contributed by atoms with E-state index in [9.17, 15) is 4.79 Å². The Hall–Kier alpha value is -1.92. The van der Waals surface area contributed by atoms with Gasteiger partial charge in [0.15, 0.2) is 0 Å². The zero-order chi connectivity index (χ0) is 15.5. The van der Waals surface area contributed by atoms with Crippen molar-refractivity contribution in [3.05, 3.63) is 29.8 Å². The fourth-order valence-corrected chi connectivity index (χ4v) is 1.76. The van der Waals surface area contributed by atoms with Gasteiger partial charge in [0.1, 0.15) is 12.4 Å². The highest BCUT2D eigenvalue weighted by molar-refractivity contribution is 5.88.